The average Bonchev–Trinajstić information content (AvgIpc) is 2.29. The summed E-state index contributed by atoms with van der Waals surface area (Å²) in [5.74, 6) is 0. The molecule has 0 aliphatic heterocycles. The molecule has 0 saturated heterocycles. The van der Waals surface area contributed by atoms with Crippen LogP contribution in [-0.4, -0.2) is 16.2 Å². The maximum absolute atomic E-state index is 3.90. The standard InChI is InChI=1S/C6H9N3S/c1-2-5(3-1)8-6-9-7-4-10-6/h4-5H,1-3H2,(H,8,9). The Labute approximate surface area is 63.5 Å². The highest BCUT2D eigenvalue weighted by Crippen LogP contribution is 2.23. The number of nitrogens with one attached hydrogen (secondary N) is 1. The number of anilines is 1. The zero-order chi connectivity index (χ0) is 6.81. The SMILES string of the molecule is c1nnc(NC2CCC2)s1. The van der Waals surface area contributed by atoms with E-state index in [4.69, 9.17) is 0 Å². The van der Waals surface area contributed by atoms with E-state index in [0.29, 0.717) is 6.04 Å². The van der Waals surface area contributed by atoms with Crippen LogP contribution in [0.25, 0.3) is 0 Å². The average molecular weight is 155 g/mol. The summed E-state index contributed by atoms with van der Waals surface area (Å²) in [7, 11) is 0. The van der Waals surface area contributed by atoms with Gasteiger partial charge in [-0.05, 0) is 19.3 Å². The predicted molar refractivity (Wildman–Crippen MR) is 41.2 cm³/mol. The molecule has 1 aliphatic rings. The molecule has 1 heterocycles. The summed E-state index contributed by atoms with van der Waals surface area (Å²) < 4.78 is 0. The maximum atomic E-state index is 3.90. The molecule has 0 atom stereocenters. The first-order chi connectivity index (χ1) is 4.95. The molecular weight excluding hydrogens is 146 g/mol. The molecule has 0 spiro atoms. The summed E-state index contributed by atoms with van der Waals surface area (Å²) in [6.07, 6.45) is 3.94. The molecule has 0 aromatic carbocycles. The highest BCUT2D eigenvalue weighted by atomic mass is 32.1. The number of aromatic nitrogens is 2. The molecule has 1 fully saturated rings. The fourth-order valence-electron chi connectivity index (χ4n) is 0.963. The fourth-order valence-corrected chi connectivity index (χ4v) is 1.49. The van der Waals surface area contributed by atoms with Crippen LogP contribution in [0.1, 0.15) is 19.3 Å². The van der Waals surface area contributed by atoms with Crippen LogP contribution in [0, 0.1) is 0 Å². The molecule has 3 nitrogen and oxygen atoms in total. The van der Waals surface area contributed by atoms with E-state index in [1.807, 2.05) is 0 Å². The van der Waals surface area contributed by atoms with E-state index in [2.05, 4.69) is 15.5 Å². The van der Waals surface area contributed by atoms with E-state index in [1.165, 1.54) is 19.3 Å². The minimum Gasteiger partial charge on any atom is -0.357 e. The Balaban J connectivity index is 1.90. The Kier molecular flexibility index (Phi) is 1.55. The molecule has 0 amide bonds. The van der Waals surface area contributed by atoms with Gasteiger partial charge in [0.15, 0.2) is 0 Å². The molecule has 1 aliphatic carbocycles. The molecule has 4 heteroatoms. The van der Waals surface area contributed by atoms with Crippen molar-refractivity contribution in [3.63, 3.8) is 0 Å². The molecule has 0 bridgehead atoms. The van der Waals surface area contributed by atoms with Gasteiger partial charge >= 0.3 is 0 Å². The number of hydrogen-bond acceptors (Lipinski definition) is 4. The summed E-state index contributed by atoms with van der Waals surface area (Å²) in [5, 5.41) is 11.9. The minimum absolute atomic E-state index is 0.674. The third-order valence-corrected chi connectivity index (χ3v) is 2.42. The van der Waals surface area contributed by atoms with Gasteiger partial charge in [0.05, 0.1) is 0 Å². The zero-order valence-corrected chi connectivity index (χ0v) is 6.40. The van der Waals surface area contributed by atoms with E-state index in [9.17, 15) is 0 Å². The first kappa shape index (κ1) is 6.09. The van der Waals surface area contributed by atoms with Gasteiger partial charge in [-0.2, -0.15) is 0 Å². The monoisotopic (exact) mass is 155 g/mol. The molecule has 1 N–H and O–H groups in total. The summed E-state index contributed by atoms with van der Waals surface area (Å²) in [4.78, 5) is 0. The molecule has 1 aromatic rings. The first-order valence-corrected chi connectivity index (χ1v) is 4.36. The zero-order valence-electron chi connectivity index (χ0n) is 5.58. The van der Waals surface area contributed by atoms with Crippen LogP contribution in [0.3, 0.4) is 0 Å². The molecule has 54 valence electrons. The van der Waals surface area contributed by atoms with Gasteiger partial charge < -0.3 is 5.32 Å². The predicted octanol–water partition coefficient (Wildman–Crippen LogP) is 1.50. The van der Waals surface area contributed by atoms with E-state index < -0.39 is 0 Å². The summed E-state index contributed by atoms with van der Waals surface area (Å²) in [6.45, 7) is 0. The van der Waals surface area contributed by atoms with Crippen LogP contribution in [0.4, 0.5) is 5.13 Å². The van der Waals surface area contributed by atoms with Crippen molar-refractivity contribution in [2.45, 2.75) is 25.3 Å². The minimum atomic E-state index is 0.674. The van der Waals surface area contributed by atoms with Gasteiger partial charge in [-0.1, -0.05) is 11.3 Å². The quantitative estimate of drug-likeness (QED) is 0.703. The van der Waals surface area contributed by atoms with Gasteiger partial charge in [0.1, 0.15) is 5.51 Å². The van der Waals surface area contributed by atoms with Gasteiger partial charge in [0, 0.05) is 6.04 Å². The normalized spacial score (nSPS) is 18.4. The van der Waals surface area contributed by atoms with E-state index in [-0.39, 0.29) is 0 Å². The van der Waals surface area contributed by atoms with E-state index >= 15 is 0 Å². The molecule has 1 aromatic heterocycles. The van der Waals surface area contributed by atoms with Gasteiger partial charge in [0.2, 0.25) is 5.13 Å². The number of nitrogens with zero attached hydrogens (tertiary/aromatic N) is 2. The molecular formula is C6H9N3S. The second-order valence-corrected chi connectivity index (χ2v) is 3.35. The van der Waals surface area contributed by atoms with Gasteiger partial charge in [-0.25, -0.2) is 0 Å². The lowest BCUT2D eigenvalue weighted by molar-refractivity contribution is 0.445. The fraction of sp³-hybridized carbons (Fsp3) is 0.667. The van der Waals surface area contributed by atoms with Crippen molar-refractivity contribution in [1.29, 1.82) is 0 Å². The van der Waals surface area contributed by atoms with Crippen LogP contribution in [0.5, 0.6) is 0 Å². The van der Waals surface area contributed by atoms with Crippen LogP contribution in [0.2, 0.25) is 0 Å². The Morgan fingerprint density at radius 2 is 2.50 bits per heavy atom. The summed E-state index contributed by atoms with van der Waals surface area (Å²) in [6, 6.07) is 0.674. The molecule has 2 rings (SSSR count). The van der Waals surface area contributed by atoms with Crippen molar-refractivity contribution in [2.75, 3.05) is 5.32 Å². The third-order valence-electron chi connectivity index (χ3n) is 1.79. The Hall–Kier alpha value is -0.640. The summed E-state index contributed by atoms with van der Waals surface area (Å²) in [5.41, 5.74) is 1.75. The maximum Gasteiger partial charge on any atom is 0.205 e. The van der Waals surface area contributed by atoms with Crippen molar-refractivity contribution in [2.24, 2.45) is 0 Å². The van der Waals surface area contributed by atoms with E-state index in [1.54, 1.807) is 16.8 Å². The van der Waals surface area contributed by atoms with Gasteiger partial charge in [-0.3, -0.25) is 0 Å². The van der Waals surface area contributed by atoms with Crippen LogP contribution >= 0.6 is 11.3 Å². The van der Waals surface area contributed by atoms with Crippen LogP contribution in [-0.2, 0) is 0 Å². The largest absolute Gasteiger partial charge is 0.357 e. The van der Waals surface area contributed by atoms with E-state index in [0.717, 1.165) is 5.13 Å². The lowest BCUT2D eigenvalue weighted by Crippen LogP contribution is -2.26. The molecule has 0 radical (unpaired) electrons. The van der Waals surface area contributed by atoms with Gasteiger partial charge in [0.25, 0.3) is 0 Å². The van der Waals surface area contributed by atoms with Crippen molar-refractivity contribution < 1.29 is 0 Å². The lowest BCUT2D eigenvalue weighted by Gasteiger charge is -2.25. The van der Waals surface area contributed by atoms with Crippen molar-refractivity contribution in [3.8, 4) is 0 Å². The Bertz CT molecular complexity index is 193. The third kappa shape index (κ3) is 1.11. The highest BCUT2D eigenvalue weighted by molar-refractivity contribution is 7.13. The second kappa shape index (κ2) is 2.54. The second-order valence-electron chi connectivity index (χ2n) is 2.52. The van der Waals surface area contributed by atoms with Crippen molar-refractivity contribution in [1.82, 2.24) is 10.2 Å². The Morgan fingerprint density at radius 1 is 1.60 bits per heavy atom. The van der Waals surface area contributed by atoms with Crippen molar-refractivity contribution in [3.05, 3.63) is 5.51 Å². The highest BCUT2D eigenvalue weighted by Gasteiger charge is 2.17. The first-order valence-electron chi connectivity index (χ1n) is 3.48. The molecule has 1 saturated carbocycles. The molecule has 10 heavy (non-hydrogen) atoms. The van der Waals surface area contributed by atoms with Crippen molar-refractivity contribution >= 4 is 16.5 Å². The topological polar surface area (TPSA) is 37.8 Å². The summed E-state index contributed by atoms with van der Waals surface area (Å²) >= 11 is 1.57. The van der Waals surface area contributed by atoms with Crippen LogP contribution in [0.15, 0.2) is 5.51 Å². The number of rotatable bonds is 2. The smallest absolute Gasteiger partial charge is 0.205 e. The van der Waals surface area contributed by atoms with Gasteiger partial charge in [-0.15, -0.1) is 10.2 Å². The van der Waals surface area contributed by atoms with Crippen LogP contribution < -0.4 is 5.32 Å². The lowest BCUT2D eigenvalue weighted by atomic mass is 9.93. The molecule has 0 unspecified atom stereocenters. The number of hydrogen-bond donors (Lipinski definition) is 1. The Morgan fingerprint density at radius 3 is 3.00 bits per heavy atom.